The highest BCUT2D eigenvalue weighted by molar-refractivity contribution is 8.03. The largest absolute Gasteiger partial charge is 0.352 e. The number of hydrogen-bond donors (Lipinski definition) is 2. The Labute approximate surface area is 206 Å². The summed E-state index contributed by atoms with van der Waals surface area (Å²) in [6, 6.07) is 11.6. The maximum Gasteiger partial charge on any atom is 0.234 e. The number of Topliss-reactive ketones (excluding diaryl/α,β-unsaturated/α-hetero) is 1. The molecule has 8 heteroatoms. The summed E-state index contributed by atoms with van der Waals surface area (Å²) in [4.78, 5) is 26.8. The van der Waals surface area contributed by atoms with E-state index >= 15 is 0 Å². The number of rotatable bonds is 5. The number of carbonyl (C=O) groups excluding carboxylic acids is 2. The van der Waals surface area contributed by atoms with E-state index in [-0.39, 0.29) is 22.9 Å². The van der Waals surface area contributed by atoms with Crippen molar-refractivity contribution >= 4 is 52.1 Å². The molecule has 0 saturated carbocycles. The molecule has 0 spiro atoms. The minimum atomic E-state index is -0.393. The Morgan fingerprint density at radius 1 is 1.33 bits per heavy atom. The number of nitrogens with zero attached hydrogens (tertiary/aromatic N) is 1. The third-order valence-electron chi connectivity index (χ3n) is 5.84. The number of nitrogens with one attached hydrogen (secondary N) is 2. The molecule has 0 fully saturated rings. The van der Waals surface area contributed by atoms with Crippen molar-refractivity contribution < 1.29 is 9.59 Å². The van der Waals surface area contributed by atoms with Crippen molar-refractivity contribution in [3.63, 3.8) is 0 Å². The van der Waals surface area contributed by atoms with E-state index in [1.807, 2.05) is 30.5 Å². The van der Waals surface area contributed by atoms with Gasteiger partial charge in [-0.05, 0) is 47.9 Å². The molecular weight excluding hydrogens is 474 g/mol. The maximum absolute atomic E-state index is 13.1. The van der Waals surface area contributed by atoms with Crippen molar-refractivity contribution in [2.24, 2.45) is 5.41 Å². The number of thioether (sulfide) groups is 1. The van der Waals surface area contributed by atoms with E-state index in [0.29, 0.717) is 39.7 Å². The van der Waals surface area contributed by atoms with Crippen molar-refractivity contribution in [1.82, 2.24) is 5.32 Å². The smallest absolute Gasteiger partial charge is 0.234 e. The Hall–Kier alpha value is -2.53. The van der Waals surface area contributed by atoms with Gasteiger partial charge < -0.3 is 10.6 Å². The molecule has 5 nitrogen and oxygen atoms in total. The van der Waals surface area contributed by atoms with Crippen molar-refractivity contribution in [3.05, 3.63) is 73.0 Å². The van der Waals surface area contributed by atoms with E-state index in [1.54, 1.807) is 12.1 Å². The van der Waals surface area contributed by atoms with Crippen LogP contribution in [0.1, 0.15) is 43.0 Å². The lowest BCUT2D eigenvalue weighted by Gasteiger charge is -2.38. The van der Waals surface area contributed by atoms with Gasteiger partial charge in [-0.2, -0.15) is 5.26 Å². The zero-order valence-corrected chi connectivity index (χ0v) is 21.0. The summed E-state index contributed by atoms with van der Waals surface area (Å²) in [7, 11) is 0. The number of ketones is 1. The third kappa shape index (κ3) is 4.89. The van der Waals surface area contributed by atoms with Crippen LogP contribution in [-0.2, 0) is 9.59 Å². The van der Waals surface area contributed by atoms with Crippen LogP contribution < -0.4 is 10.6 Å². The standard InChI is InChI=1S/C25H24ClN3O2S2/c1-14-16(26)6-4-7-17(14)28-21(31)13-33-24-15(12-27)22(20-8-5-9-32-20)23-18(29-24)10-25(2,3)11-19(23)30/h4-9,22,29H,10-11,13H2,1-3H3,(H,28,31). The number of dihydropyridines is 1. The second kappa shape index (κ2) is 9.38. The van der Waals surface area contributed by atoms with Crippen LogP contribution in [0.15, 0.2) is 57.6 Å². The highest BCUT2D eigenvalue weighted by Gasteiger charge is 2.42. The summed E-state index contributed by atoms with van der Waals surface area (Å²) in [5.41, 5.74) is 3.35. The van der Waals surface area contributed by atoms with Crippen LogP contribution in [-0.4, -0.2) is 17.4 Å². The zero-order chi connectivity index (χ0) is 23.8. The van der Waals surface area contributed by atoms with E-state index in [2.05, 4.69) is 30.6 Å². The first kappa shape index (κ1) is 23.6. The summed E-state index contributed by atoms with van der Waals surface area (Å²) in [5.74, 6) is -0.380. The Kier molecular flexibility index (Phi) is 6.71. The van der Waals surface area contributed by atoms with Crippen molar-refractivity contribution in [2.45, 2.75) is 39.5 Å². The topological polar surface area (TPSA) is 82.0 Å². The normalized spacial score (nSPS) is 19.6. The van der Waals surface area contributed by atoms with E-state index in [4.69, 9.17) is 11.6 Å². The molecule has 170 valence electrons. The predicted octanol–water partition coefficient (Wildman–Crippen LogP) is 6.15. The first-order chi connectivity index (χ1) is 15.7. The third-order valence-corrected chi connectivity index (χ3v) is 8.21. The number of hydrogen-bond acceptors (Lipinski definition) is 6. The van der Waals surface area contributed by atoms with Crippen LogP contribution in [0, 0.1) is 23.7 Å². The van der Waals surface area contributed by atoms with Crippen molar-refractivity contribution in [1.29, 1.82) is 5.26 Å². The average Bonchev–Trinajstić information content (AvgIpc) is 3.28. The molecule has 2 aliphatic rings. The molecule has 4 rings (SSSR count). The predicted molar refractivity (Wildman–Crippen MR) is 135 cm³/mol. The summed E-state index contributed by atoms with van der Waals surface area (Å²) >= 11 is 8.98. The van der Waals surface area contributed by atoms with Crippen molar-refractivity contribution in [3.8, 4) is 6.07 Å². The molecule has 0 radical (unpaired) electrons. The van der Waals surface area contributed by atoms with Gasteiger partial charge in [0.2, 0.25) is 5.91 Å². The quantitative estimate of drug-likeness (QED) is 0.518. The minimum Gasteiger partial charge on any atom is -0.352 e. The van der Waals surface area contributed by atoms with Gasteiger partial charge in [0.15, 0.2) is 5.78 Å². The summed E-state index contributed by atoms with van der Waals surface area (Å²) in [6.07, 6.45) is 1.17. The van der Waals surface area contributed by atoms with Gasteiger partial charge in [0.05, 0.1) is 28.3 Å². The molecule has 33 heavy (non-hydrogen) atoms. The van der Waals surface area contributed by atoms with Gasteiger partial charge in [-0.1, -0.05) is 49.3 Å². The van der Waals surface area contributed by atoms with Gasteiger partial charge >= 0.3 is 0 Å². The highest BCUT2D eigenvalue weighted by Crippen LogP contribution is 2.48. The zero-order valence-electron chi connectivity index (χ0n) is 18.6. The SMILES string of the molecule is Cc1c(Cl)cccc1NC(=O)CSC1=C(C#N)C(c2cccs2)C2=C(CC(C)(C)CC2=O)N1. The van der Waals surface area contributed by atoms with Crippen LogP contribution in [0.3, 0.4) is 0 Å². The number of carbonyl (C=O) groups is 2. The van der Waals surface area contributed by atoms with Crippen LogP contribution in [0.5, 0.6) is 0 Å². The van der Waals surface area contributed by atoms with Crippen LogP contribution in [0.25, 0.3) is 0 Å². The Balaban J connectivity index is 1.61. The number of amides is 1. The molecule has 2 heterocycles. The monoisotopic (exact) mass is 497 g/mol. The molecule has 0 bridgehead atoms. The highest BCUT2D eigenvalue weighted by atomic mass is 35.5. The number of anilines is 1. The average molecular weight is 498 g/mol. The Morgan fingerprint density at radius 3 is 2.82 bits per heavy atom. The molecular formula is C25H24ClN3O2S2. The minimum absolute atomic E-state index is 0.0816. The molecule has 1 amide bonds. The van der Waals surface area contributed by atoms with Gasteiger partial charge in [0.1, 0.15) is 0 Å². The van der Waals surface area contributed by atoms with E-state index < -0.39 is 5.92 Å². The fourth-order valence-electron chi connectivity index (χ4n) is 4.30. The number of nitriles is 1. The maximum atomic E-state index is 13.1. The van der Waals surface area contributed by atoms with Gasteiger partial charge in [0, 0.05) is 33.3 Å². The van der Waals surface area contributed by atoms with E-state index in [1.165, 1.54) is 23.1 Å². The lowest BCUT2D eigenvalue weighted by atomic mass is 9.70. The van der Waals surface area contributed by atoms with Crippen LogP contribution in [0.4, 0.5) is 5.69 Å². The Morgan fingerprint density at radius 2 is 2.12 bits per heavy atom. The van der Waals surface area contributed by atoms with Crippen LogP contribution in [0.2, 0.25) is 5.02 Å². The first-order valence-corrected chi connectivity index (χ1v) is 12.8. The summed E-state index contributed by atoms with van der Waals surface area (Å²) < 4.78 is 0. The van der Waals surface area contributed by atoms with E-state index in [9.17, 15) is 14.9 Å². The van der Waals surface area contributed by atoms with Gasteiger partial charge in [-0.25, -0.2) is 0 Å². The molecule has 2 aromatic rings. The number of benzene rings is 1. The van der Waals surface area contributed by atoms with Gasteiger partial charge in [0.25, 0.3) is 0 Å². The number of allylic oxidation sites excluding steroid dienone is 3. The second-order valence-electron chi connectivity index (χ2n) is 9.01. The molecule has 1 unspecified atom stereocenters. The first-order valence-electron chi connectivity index (χ1n) is 10.6. The summed E-state index contributed by atoms with van der Waals surface area (Å²) in [6.45, 7) is 6.01. The number of halogens is 1. The van der Waals surface area contributed by atoms with Crippen molar-refractivity contribution in [2.75, 3.05) is 11.1 Å². The fourth-order valence-corrected chi connectivity index (χ4v) is 6.18. The van der Waals surface area contributed by atoms with Gasteiger partial charge in [-0.15, -0.1) is 11.3 Å². The molecule has 1 aromatic carbocycles. The fraction of sp³-hybridized carbons (Fsp3) is 0.320. The molecule has 1 aliphatic carbocycles. The number of thiophene rings is 1. The molecule has 2 N–H and O–H groups in total. The summed E-state index contributed by atoms with van der Waals surface area (Å²) in [5, 5.41) is 19.5. The molecule has 1 aliphatic heterocycles. The van der Waals surface area contributed by atoms with Gasteiger partial charge in [-0.3, -0.25) is 9.59 Å². The second-order valence-corrected chi connectivity index (χ2v) is 11.4. The lowest BCUT2D eigenvalue weighted by molar-refractivity contribution is -0.118. The molecule has 1 atom stereocenters. The van der Waals surface area contributed by atoms with Crippen LogP contribution >= 0.6 is 34.7 Å². The Bertz CT molecular complexity index is 1220. The molecule has 0 saturated heterocycles. The molecule has 1 aromatic heterocycles. The lowest BCUT2D eigenvalue weighted by Crippen LogP contribution is -2.36. The van der Waals surface area contributed by atoms with E-state index in [0.717, 1.165) is 16.1 Å².